The second-order valence-corrected chi connectivity index (χ2v) is 5.10. The lowest BCUT2D eigenvalue weighted by Crippen LogP contribution is -2.27. The Bertz CT molecular complexity index is 548. The van der Waals surface area contributed by atoms with Crippen molar-refractivity contribution in [1.29, 1.82) is 0 Å². The predicted molar refractivity (Wildman–Crippen MR) is 74.8 cm³/mol. The number of rotatable bonds is 3. The highest BCUT2D eigenvalue weighted by Gasteiger charge is 2.13. The predicted octanol–water partition coefficient (Wildman–Crippen LogP) is 2.24. The number of nitrogens with two attached hydrogens (primary N) is 1. The molecule has 2 heterocycles. The van der Waals surface area contributed by atoms with Crippen LogP contribution in [0.25, 0.3) is 0 Å². The highest BCUT2D eigenvalue weighted by atomic mass is 32.1. The molecule has 0 aliphatic heterocycles. The Morgan fingerprint density at radius 3 is 2.78 bits per heavy atom. The van der Waals surface area contributed by atoms with Crippen molar-refractivity contribution in [1.82, 2.24) is 4.98 Å². The van der Waals surface area contributed by atoms with Crippen LogP contribution in [0.5, 0.6) is 0 Å². The van der Waals surface area contributed by atoms with E-state index in [1.807, 2.05) is 18.4 Å². The fraction of sp³-hybridized carbons (Fsp3) is 0.231. The summed E-state index contributed by atoms with van der Waals surface area (Å²) in [6.07, 6.45) is 2.03. The first kappa shape index (κ1) is 12.6. The van der Waals surface area contributed by atoms with Gasteiger partial charge < -0.3 is 10.6 Å². The van der Waals surface area contributed by atoms with Crippen molar-refractivity contribution in [3.63, 3.8) is 0 Å². The molecule has 0 atom stereocenters. The number of aromatic nitrogens is 1. The highest BCUT2D eigenvalue weighted by molar-refractivity contribution is 7.10. The topological polar surface area (TPSA) is 59.2 Å². The molecule has 0 saturated carbocycles. The van der Waals surface area contributed by atoms with E-state index in [4.69, 9.17) is 5.73 Å². The first-order valence-electron chi connectivity index (χ1n) is 5.59. The lowest BCUT2D eigenvalue weighted by atomic mass is 10.2. The SMILES string of the molecule is Cc1ccsc1CC(=O)N(C)c1ccc(N)nc1. The van der Waals surface area contributed by atoms with Crippen LogP contribution in [0.1, 0.15) is 10.4 Å². The Morgan fingerprint density at radius 1 is 1.44 bits per heavy atom. The fourth-order valence-corrected chi connectivity index (χ4v) is 2.48. The number of amides is 1. The lowest BCUT2D eigenvalue weighted by molar-refractivity contribution is -0.117. The van der Waals surface area contributed by atoms with Crippen LogP contribution in [0.3, 0.4) is 0 Å². The summed E-state index contributed by atoms with van der Waals surface area (Å²) in [7, 11) is 1.75. The Balaban J connectivity index is 2.09. The van der Waals surface area contributed by atoms with Crippen molar-refractivity contribution in [2.24, 2.45) is 0 Å². The molecule has 2 N–H and O–H groups in total. The molecular weight excluding hydrogens is 246 g/mol. The van der Waals surface area contributed by atoms with Crippen LogP contribution in [-0.2, 0) is 11.2 Å². The fourth-order valence-electron chi connectivity index (χ4n) is 1.58. The van der Waals surface area contributed by atoms with Gasteiger partial charge in [0.05, 0.1) is 18.3 Å². The second kappa shape index (κ2) is 5.18. The average molecular weight is 261 g/mol. The zero-order valence-electron chi connectivity index (χ0n) is 10.4. The zero-order chi connectivity index (χ0) is 13.1. The van der Waals surface area contributed by atoms with Crippen molar-refractivity contribution < 1.29 is 4.79 Å². The molecule has 2 rings (SSSR count). The van der Waals surface area contributed by atoms with E-state index in [9.17, 15) is 4.79 Å². The van der Waals surface area contributed by atoms with E-state index in [-0.39, 0.29) is 5.91 Å². The molecule has 0 saturated heterocycles. The zero-order valence-corrected chi connectivity index (χ0v) is 11.2. The van der Waals surface area contributed by atoms with Gasteiger partial charge in [-0.05, 0) is 36.1 Å². The summed E-state index contributed by atoms with van der Waals surface area (Å²) in [6, 6.07) is 5.51. The van der Waals surface area contributed by atoms with Gasteiger partial charge in [-0.1, -0.05) is 0 Å². The van der Waals surface area contributed by atoms with E-state index >= 15 is 0 Å². The van der Waals surface area contributed by atoms with E-state index in [2.05, 4.69) is 4.98 Å². The van der Waals surface area contributed by atoms with Crippen molar-refractivity contribution in [3.8, 4) is 0 Å². The minimum absolute atomic E-state index is 0.0483. The van der Waals surface area contributed by atoms with Crippen LogP contribution in [0.15, 0.2) is 29.8 Å². The smallest absolute Gasteiger partial charge is 0.232 e. The van der Waals surface area contributed by atoms with Gasteiger partial charge in [0.15, 0.2) is 0 Å². The van der Waals surface area contributed by atoms with Crippen molar-refractivity contribution in [2.75, 3.05) is 17.7 Å². The van der Waals surface area contributed by atoms with Gasteiger partial charge in [-0.25, -0.2) is 4.98 Å². The molecule has 0 fully saturated rings. The standard InChI is InChI=1S/C13H15N3OS/c1-9-5-6-18-11(9)7-13(17)16(2)10-3-4-12(14)15-8-10/h3-6,8H,7H2,1-2H3,(H2,14,15). The summed E-state index contributed by atoms with van der Waals surface area (Å²) < 4.78 is 0. The van der Waals surface area contributed by atoms with Crippen LogP contribution in [0.4, 0.5) is 11.5 Å². The van der Waals surface area contributed by atoms with Gasteiger partial charge in [0.2, 0.25) is 5.91 Å². The van der Waals surface area contributed by atoms with Gasteiger partial charge in [0.25, 0.3) is 0 Å². The molecule has 4 nitrogen and oxygen atoms in total. The number of likely N-dealkylation sites (N-methyl/N-ethyl adjacent to an activating group) is 1. The van der Waals surface area contributed by atoms with E-state index in [0.717, 1.165) is 16.1 Å². The quantitative estimate of drug-likeness (QED) is 0.921. The largest absolute Gasteiger partial charge is 0.384 e. The number of nitrogen functional groups attached to an aromatic ring is 1. The second-order valence-electron chi connectivity index (χ2n) is 4.10. The molecule has 1 amide bonds. The first-order chi connectivity index (χ1) is 8.58. The highest BCUT2D eigenvalue weighted by Crippen LogP contribution is 2.19. The monoisotopic (exact) mass is 261 g/mol. The van der Waals surface area contributed by atoms with Gasteiger partial charge in [-0.3, -0.25) is 4.79 Å². The number of carbonyl (C=O) groups is 1. The summed E-state index contributed by atoms with van der Waals surface area (Å²) in [5.74, 6) is 0.501. The molecule has 5 heteroatoms. The lowest BCUT2D eigenvalue weighted by Gasteiger charge is -2.16. The third-order valence-corrected chi connectivity index (χ3v) is 3.84. The van der Waals surface area contributed by atoms with Crippen LogP contribution in [0, 0.1) is 6.92 Å². The first-order valence-corrected chi connectivity index (χ1v) is 6.47. The number of hydrogen-bond acceptors (Lipinski definition) is 4. The van der Waals surface area contributed by atoms with Gasteiger partial charge >= 0.3 is 0 Å². The third-order valence-electron chi connectivity index (χ3n) is 2.81. The van der Waals surface area contributed by atoms with Gasteiger partial charge in [-0.2, -0.15) is 0 Å². The third kappa shape index (κ3) is 2.68. The molecule has 0 aliphatic rings. The number of carbonyl (C=O) groups excluding carboxylic acids is 1. The molecule has 2 aromatic heterocycles. The van der Waals surface area contributed by atoms with E-state index < -0.39 is 0 Å². The molecule has 0 bridgehead atoms. The van der Waals surface area contributed by atoms with E-state index in [1.165, 1.54) is 0 Å². The molecule has 18 heavy (non-hydrogen) atoms. The van der Waals surface area contributed by atoms with Crippen molar-refractivity contribution in [2.45, 2.75) is 13.3 Å². The number of hydrogen-bond donors (Lipinski definition) is 1. The molecule has 0 aliphatic carbocycles. The van der Waals surface area contributed by atoms with Crippen LogP contribution in [-0.4, -0.2) is 17.9 Å². The minimum Gasteiger partial charge on any atom is -0.384 e. The molecule has 0 unspecified atom stereocenters. The van der Waals surface area contributed by atoms with Gasteiger partial charge in [0, 0.05) is 11.9 Å². The Hall–Kier alpha value is -1.88. The summed E-state index contributed by atoms with van der Waals surface area (Å²) in [5.41, 5.74) is 7.44. The molecule has 94 valence electrons. The number of anilines is 2. The number of thiophene rings is 1. The average Bonchev–Trinajstić information content (AvgIpc) is 2.75. The van der Waals surface area contributed by atoms with Crippen molar-refractivity contribution in [3.05, 3.63) is 40.2 Å². The molecular formula is C13H15N3OS. The maximum atomic E-state index is 12.1. The van der Waals surface area contributed by atoms with Crippen molar-refractivity contribution >= 4 is 28.7 Å². The number of aryl methyl sites for hydroxylation is 1. The maximum Gasteiger partial charge on any atom is 0.232 e. The van der Waals surface area contributed by atoms with E-state index in [0.29, 0.717) is 12.2 Å². The van der Waals surface area contributed by atoms with E-state index in [1.54, 1.807) is 41.6 Å². The van der Waals surface area contributed by atoms with Gasteiger partial charge in [-0.15, -0.1) is 11.3 Å². The normalized spacial score (nSPS) is 10.3. The summed E-state index contributed by atoms with van der Waals surface area (Å²) in [4.78, 5) is 18.8. The summed E-state index contributed by atoms with van der Waals surface area (Å²) in [6.45, 7) is 2.02. The molecule has 0 spiro atoms. The Kier molecular flexibility index (Phi) is 3.62. The maximum absolute atomic E-state index is 12.1. The molecule has 2 aromatic rings. The Labute approximate surface area is 110 Å². The van der Waals surface area contributed by atoms with Crippen LogP contribution in [0.2, 0.25) is 0 Å². The summed E-state index contributed by atoms with van der Waals surface area (Å²) in [5, 5.41) is 2.00. The molecule has 0 aromatic carbocycles. The van der Waals surface area contributed by atoms with Crippen LogP contribution >= 0.6 is 11.3 Å². The van der Waals surface area contributed by atoms with Crippen LogP contribution < -0.4 is 10.6 Å². The minimum atomic E-state index is 0.0483. The summed E-state index contributed by atoms with van der Waals surface area (Å²) >= 11 is 1.61. The number of pyridine rings is 1. The molecule has 0 radical (unpaired) electrons. The Morgan fingerprint density at radius 2 is 2.22 bits per heavy atom. The number of nitrogens with zero attached hydrogens (tertiary/aromatic N) is 2. The van der Waals surface area contributed by atoms with Gasteiger partial charge in [0.1, 0.15) is 5.82 Å².